The molecule has 0 atom stereocenters. The SMILES string of the molecule is O=S1CC2(CC(N3CCN(c4ccnc(-c5cnc6ccc(C(F)(F)F)cn56)n4)CC3)C2)C1.c1cn[nH]c1. The minimum atomic E-state index is -4.44. The van der Waals surface area contributed by atoms with Crippen molar-refractivity contribution >= 4 is 22.3 Å². The van der Waals surface area contributed by atoms with Gasteiger partial charge in [-0.2, -0.15) is 18.3 Å². The van der Waals surface area contributed by atoms with Gasteiger partial charge in [-0.1, -0.05) is 0 Å². The second-order valence-electron chi connectivity index (χ2n) is 10.1. The van der Waals surface area contributed by atoms with Crippen molar-refractivity contribution in [3.8, 4) is 11.5 Å². The van der Waals surface area contributed by atoms with Gasteiger partial charge in [0.2, 0.25) is 0 Å². The molecule has 4 aromatic heterocycles. The van der Waals surface area contributed by atoms with E-state index < -0.39 is 22.5 Å². The molecule has 13 heteroatoms. The fourth-order valence-electron chi connectivity index (χ4n) is 5.57. The number of alkyl halides is 3. The maximum atomic E-state index is 13.2. The molecule has 1 spiro atoms. The Bertz CT molecular complexity index is 1400. The van der Waals surface area contributed by atoms with Gasteiger partial charge in [-0.15, -0.1) is 0 Å². The number of piperazine rings is 1. The summed E-state index contributed by atoms with van der Waals surface area (Å²) < 4.78 is 52.4. The third-order valence-electron chi connectivity index (χ3n) is 7.54. The number of anilines is 1. The lowest BCUT2D eigenvalue weighted by Crippen LogP contribution is -2.63. The average molecular weight is 545 g/mol. The monoisotopic (exact) mass is 544 g/mol. The molecule has 3 fully saturated rings. The fourth-order valence-corrected chi connectivity index (χ4v) is 7.32. The third kappa shape index (κ3) is 4.92. The van der Waals surface area contributed by atoms with Crippen molar-refractivity contribution in [2.24, 2.45) is 5.41 Å². The first-order valence-corrected chi connectivity index (χ1v) is 13.9. The minimum Gasteiger partial charge on any atom is -0.354 e. The second kappa shape index (κ2) is 9.77. The molecule has 0 unspecified atom stereocenters. The summed E-state index contributed by atoms with van der Waals surface area (Å²) in [5.41, 5.74) is 0.449. The maximum Gasteiger partial charge on any atom is 0.417 e. The molecule has 38 heavy (non-hydrogen) atoms. The number of nitrogens with one attached hydrogen (secondary N) is 1. The molecule has 3 aliphatic rings. The van der Waals surface area contributed by atoms with E-state index in [-0.39, 0.29) is 0 Å². The number of aromatic amines is 1. The lowest BCUT2D eigenvalue weighted by atomic mass is 9.66. The van der Waals surface area contributed by atoms with Crippen molar-refractivity contribution in [2.45, 2.75) is 25.1 Å². The molecule has 4 aromatic rings. The summed E-state index contributed by atoms with van der Waals surface area (Å²) in [4.78, 5) is 17.9. The third-order valence-corrected chi connectivity index (χ3v) is 9.40. The van der Waals surface area contributed by atoms with E-state index in [2.05, 4.69) is 34.9 Å². The van der Waals surface area contributed by atoms with E-state index in [1.807, 2.05) is 12.1 Å². The normalized spacial score (nSPS) is 25.5. The highest BCUT2D eigenvalue weighted by Crippen LogP contribution is 2.50. The van der Waals surface area contributed by atoms with E-state index in [1.165, 1.54) is 16.7 Å². The van der Waals surface area contributed by atoms with Crippen LogP contribution in [-0.2, 0) is 17.0 Å². The number of rotatable bonds is 3. The van der Waals surface area contributed by atoms with E-state index in [0.29, 0.717) is 28.6 Å². The maximum absolute atomic E-state index is 13.2. The summed E-state index contributed by atoms with van der Waals surface area (Å²) in [5.74, 6) is 2.86. The van der Waals surface area contributed by atoms with Gasteiger partial charge in [0.1, 0.15) is 17.2 Å². The van der Waals surface area contributed by atoms with Crippen LogP contribution < -0.4 is 4.90 Å². The molecular formula is C25H27F3N8OS. The highest BCUT2D eigenvalue weighted by molar-refractivity contribution is 7.86. The molecule has 6 heterocycles. The molecule has 0 aromatic carbocycles. The Labute approximate surface area is 219 Å². The molecule has 1 saturated carbocycles. The van der Waals surface area contributed by atoms with Gasteiger partial charge in [0, 0.05) is 79.3 Å². The topological polar surface area (TPSA) is 95.3 Å². The average Bonchev–Trinajstić information content (AvgIpc) is 3.58. The van der Waals surface area contributed by atoms with E-state index in [9.17, 15) is 17.4 Å². The predicted molar refractivity (Wildman–Crippen MR) is 137 cm³/mol. The Morgan fingerprint density at radius 2 is 1.82 bits per heavy atom. The van der Waals surface area contributed by atoms with E-state index in [4.69, 9.17) is 0 Å². The minimum absolute atomic E-state index is 0.348. The van der Waals surface area contributed by atoms with Crippen molar-refractivity contribution in [1.82, 2.24) is 34.4 Å². The summed E-state index contributed by atoms with van der Waals surface area (Å²) in [7, 11) is -0.593. The highest BCUT2D eigenvalue weighted by atomic mass is 32.2. The van der Waals surface area contributed by atoms with Crippen molar-refractivity contribution in [3.63, 3.8) is 0 Å². The summed E-state index contributed by atoms with van der Waals surface area (Å²) in [6.45, 7) is 3.54. The molecular weight excluding hydrogens is 517 g/mol. The van der Waals surface area contributed by atoms with Crippen molar-refractivity contribution < 1.29 is 17.4 Å². The van der Waals surface area contributed by atoms with Gasteiger partial charge in [0.25, 0.3) is 0 Å². The van der Waals surface area contributed by atoms with Gasteiger partial charge in [0.15, 0.2) is 5.82 Å². The van der Waals surface area contributed by atoms with Gasteiger partial charge in [-0.3, -0.25) is 18.6 Å². The Hall–Kier alpha value is -3.32. The molecule has 7 rings (SSSR count). The lowest BCUT2D eigenvalue weighted by molar-refractivity contribution is -0.137. The van der Waals surface area contributed by atoms with Crippen LogP contribution in [0.25, 0.3) is 17.2 Å². The summed E-state index contributed by atoms with van der Waals surface area (Å²) >= 11 is 0. The quantitative estimate of drug-likeness (QED) is 0.423. The zero-order valence-corrected chi connectivity index (χ0v) is 21.3. The summed E-state index contributed by atoms with van der Waals surface area (Å²) in [6, 6.07) is 6.63. The number of hydrogen-bond acceptors (Lipinski definition) is 7. The standard InChI is InChI=1S/C22H23F3N6OS.C3H4N2/c23-22(24,25)15-1-2-18-27-11-17(31(18)12-15)20-26-4-3-19(28-20)30-7-5-29(6-8-30)16-9-21(10-16)13-33(32)14-21;1-2-4-5-3-1/h1-4,11-12,16H,5-10,13-14H2;1-3H,(H,4,5). The van der Waals surface area contributed by atoms with Crippen LogP contribution in [0.2, 0.25) is 0 Å². The fraction of sp³-hybridized carbons (Fsp3) is 0.440. The molecule has 0 bridgehead atoms. The molecule has 0 amide bonds. The largest absolute Gasteiger partial charge is 0.417 e. The number of halogens is 3. The summed E-state index contributed by atoms with van der Waals surface area (Å²) in [6.07, 6.45) is 5.52. The van der Waals surface area contributed by atoms with Crippen molar-refractivity contribution in [3.05, 3.63) is 60.8 Å². The number of pyridine rings is 1. The predicted octanol–water partition coefficient (Wildman–Crippen LogP) is 3.25. The molecule has 200 valence electrons. The van der Waals surface area contributed by atoms with Gasteiger partial charge in [-0.25, -0.2) is 15.0 Å². The zero-order chi connectivity index (χ0) is 26.3. The number of fused-ring (bicyclic) bond motifs is 1. The highest BCUT2D eigenvalue weighted by Gasteiger charge is 2.53. The number of hydrogen-bond donors (Lipinski definition) is 1. The van der Waals surface area contributed by atoms with E-state index in [1.54, 1.807) is 18.6 Å². The molecule has 0 radical (unpaired) electrons. The first-order chi connectivity index (χ1) is 18.3. The van der Waals surface area contributed by atoms with Gasteiger partial charge in [-0.05, 0) is 42.5 Å². The van der Waals surface area contributed by atoms with Crippen LogP contribution in [0, 0.1) is 5.41 Å². The zero-order valence-electron chi connectivity index (χ0n) is 20.5. The van der Waals surface area contributed by atoms with Crippen LogP contribution in [0.1, 0.15) is 18.4 Å². The molecule has 9 nitrogen and oxygen atoms in total. The molecule has 2 saturated heterocycles. The Morgan fingerprint density at radius 3 is 2.45 bits per heavy atom. The van der Waals surface area contributed by atoms with Crippen molar-refractivity contribution in [1.29, 1.82) is 0 Å². The van der Waals surface area contributed by atoms with Crippen LogP contribution in [0.5, 0.6) is 0 Å². The molecule has 2 aliphatic heterocycles. The number of nitrogens with zero attached hydrogens (tertiary/aromatic N) is 7. The number of H-pyrrole nitrogens is 1. The van der Waals surface area contributed by atoms with Crippen LogP contribution in [0.4, 0.5) is 19.0 Å². The number of aromatic nitrogens is 6. The second-order valence-corrected chi connectivity index (χ2v) is 11.6. The van der Waals surface area contributed by atoms with Crippen LogP contribution in [-0.4, -0.2) is 82.4 Å². The Morgan fingerprint density at radius 1 is 1.03 bits per heavy atom. The van der Waals surface area contributed by atoms with Gasteiger partial charge >= 0.3 is 6.18 Å². The molecule has 1 N–H and O–H groups in total. The van der Waals surface area contributed by atoms with Crippen LogP contribution in [0.15, 0.2) is 55.2 Å². The van der Waals surface area contributed by atoms with E-state index in [0.717, 1.165) is 68.6 Å². The Kier molecular flexibility index (Phi) is 6.42. The van der Waals surface area contributed by atoms with E-state index >= 15 is 0 Å². The Balaban J connectivity index is 0.000000476. The van der Waals surface area contributed by atoms with Crippen LogP contribution >= 0.6 is 0 Å². The first kappa shape index (κ1) is 25.0. The smallest absolute Gasteiger partial charge is 0.354 e. The van der Waals surface area contributed by atoms with Crippen LogP contribution in [0.3, 0.4) is 0 Å². The van der Waals surface area contributed by atoms with Gasteiger partial charge < -0.3 is 4.90 Å². The summed E-state index contributed by atoms with van der Waals surface area (Å²) in [5, 5.41) is 6.21. The number of imidazole rings is 1. The van der Waals surface area contributed by atoms with Crippen molar-refractivity contribution in [2.75, 3.05) is 42.6 Å². The lowest BCUT2D eigenvalue weighted by Gasteiger charge is -2.57. The molecule has 1 aliphatic carbocycles. The van der Waals surface area contributed by atoms with Gasteiger partial charge in [0.05, 0.1) is 11.8 Å². The first-order valence-electron chi connectivity index (χ1n) is 12.5.